The van der Waals surface area contributed by atoms with Gasteiger partial charge < -0.3 is 24.1 Å². The first-order valence-corrected chi connectivity index (χ1v) is 10.5. The van der Waals surface area contributed by atoms with Gasteiger partial charge in [-0.15, -0.1) is 0 Å². The fraction of sp³-hybridized carbons (Fsp3) is 0.333. The maximum absolute atomic E-state index is 13.9. The molecule has 7 nitrogen and oxygen atoms in total. The molecule has 8 heteroatoms. The number of ether oxygens (including phenoxy) is 1. The number of carbonyl (C=O) groups excluding carboxylic acids is 1. The Bertz CT molecular complexity index is 1240. The predicted octanol–water partition coefficient (Wildman–Crippen LogP) is 3.53. The van der Waals surface area contributed by atoms with Gasteiger partial charge >= 0.3 is 0 Å². The second-order valence-electron chi connectivity index (χ2n) is 8.03. The first kappa shape index (κ1) is 21.8. The van der Waals surface area contributed by atoms with Crippen LogP contribution in [0.25, 0.3) is 11.0 Å². The standard InChI is InChI=1S/C24H25FN2O5/c1-4-31-19-12-14(6-8-17(19)28)21-20-22(29)16-13-15(25)7-9-18(16)32-23(20)24(30)27(21)11-5-10-26(2)3/h6-9,12-13,21,28H,4-5,10-11H2,1-3H3. The third-order valence-electron chi connectivity index (χ3n) is 5.53. The molecule has 0 bridgehead atoms. The van der Waals surface area contributed by atoms with E-state index in [-0.39, 0.29) is 33.8 Å². The highest BCUT2D eigenvalue weighted by molar-refractivity contribution is 5.99. The molecule has 1 amide bonds. The summed E-state index contributed by atoms with van der Waals surface area (Å²) in [4.78, 5) is 30.3. The van der Waals surface area contributed by atoms with Crippen LogP contribution in [0.4, 0.5) is 4.39 Å². The van der Waals surface area contributed by atoms with Crippen LogP contribution < -0.4 is 10.2 Å². The number of halogens is 1. The van der Waals surface area contributed by atoms with E-state index in [2.05, 4.69) is 0 Å². The van der Waals surface area contributed by atoms with Crippen molar-refractivity contribution in [1.82, 2.24) is 9.80 Å². The summed E-state index contributed by atoms with van der Waals surface area (Å²) in [5.74, 6) is -0.757. The van der Waals surface area contributed by atoms with E-state index in [9.17, 15) is 19.1 Å². The van der Waals surface area contributed by atoms with Crippen LogP contribution in [0.1, 0.15) is 41.1 Å². The molecule has 168 valence electrons. The van der Waals surface area contributed by atoms with Crippen LogP contribution in [0.15, 0.2) is 45.6 Å². The predicted molar refractivity (Wildman–Crippen MR) is 118 cm³/mol. The zero-order chi connectivity index (χ0) is 23.0. The third-order valence-corrected chi connectivity index (χ3v) is 5.53. The van der Waals surface area contributed by atoms with Crippen LogP contribution in [0, 0.1) is 5.82 Å². The van der Waals surface area contributed by atoms with Crippen molar-refractivity contribution in [1.29, 1.82) is 0 Å². The molecular weight excluding hydrogens is 415 g/mol. The van der Waals surface area contributed by atoms with Gasteiger partial charge in [0.25, 0.3) is 5.91 Å². The van der Waals surface area contributed by atoms with Gasteiger partial charge in [-0.2, -0.15) is 0 Å². The maximum Gasteiger partial charge on any atom is 0.290 e. The Morgan fingerprint density at radius 3 is 2.69 bits per heavy atom. The van der Waals surface area contributed by atoms with Crippen molar-refractivity contribution >= 4 is 16.9 Å². The highest BCUT2D eigenvalue weighted by Gasteiger charge is 2.42. The number of aromatic hydroxyl groups is 1. The largest absolute Gasteiger partial charge is 0.504 e. The second kappa shape index (κ2) is 8.63. The Labute approximate surface area is 184 Å². The number of carbonyl (C=O) groups is 1. The van der Waals surface area contributed by atoms with Gasteiger partial charge in [-0.25, -0.2) is 4.39 Å². The molecule has 0 saturated carbocycles. The number of phenols is 1. The molecule has 0 spiro atoms. The lowest BCUT2D eigenvalue weighted by Crippen LogP contribution is -2.32. The monoisotopic (exact) mass is 440 g/mol. The highest BCUT2D eigenvalue weighted by atomic mass is 19.1. The molecule has 0 fully saturated rings. The number of rotatable bonds is 7. The van der Waals surface area contributed by atoms with Gasteiger partial charge in [0.2, 0.25) is 5.76 Å². The van der Waals surface area contributed by atoms with Gasteiger partial charge in [0.1, 0.15) is 11.4 Å². The molecular formula is C24H25FN2O5. The summed E-state index contributed by atoms with van der Waals surface area (Å²) in [6, 6.07) is 7.69. The molecule has 1 aliphatic rings. The number of benzene rings is 2. The summed E-state index contributed by atoms with van der Waals surface area (Å²) in [5.41, 5.74) is 0.496. The van der Waals surface area contributed by atoms with Gasteiger partial charge in [-0.3, -0.25) is 9.59 Å². The van der Waals surface area contributed by atoms with E-state index in [1.165, 1.54) is 18.2 Å². The summed E-state index contributed by atoms with van der Waals surface area (Å²) < 4.78 is 25.2. The number of amides is 1. The molecule has 1 aromatic heterocycles. The summed E-state index contributed by atoms with van der Waals surface area (Å²) in [6.45, 7) is 3.28. The third kappa shape index (κ3) is 3.82. The number of phenolic OH excluding ortho intramolecular Hbond substituents is 1. The topological polar surface area (TPSA) is 83.2 Å². The molecule has 1 unspecified atom stereocenters. The van der Waals surface area contributed by atoms with Gasteiger partial charge in [0.15, 0.2) is 16.9 Å². The van der Waals surface area contributed by atoms with E-state index in [1.807, 2.05) is 19.0 Å². The summed E-state index contributed by atoms with van der Waals surface area (Å²) >= 11 is 0. The molecule has 2 aromatic carbocycles. The van der Waals surface area contributed by atoms with Crippen molar-refractivity contribution in [3.63, 3.8) is 0 Å². The van der Waals surface area contributed by atoms with Gasteiger partial charge in [0, 0.05) is 6.54 Å². The first-order chi connectivity index (χ1) is 15.3. The van der Waals surface area contributed by atoms with Crippen LogP contribution in [0.3, 0.4) is 0 Å². The van der Waals surface area contributed by atoms with E-state index < -0.39 is 23.2 Å². The van der Waals surface area contributed by atoms with Crippen LogP contribution in [0.2, 0.25) is 0 Å². The van der Waals surface area contributed by atoms with E-state index in [0.717, 1.165) is 12.6 Å². The maximum atomic E-state index is 13.9. The minimum atomic E-state index is -0.733. The van der Waals surface area contributed by atoms with Crippen molar-refractivity contribution in [3.05, 3.63) is 69.3 Å². The van der Waals surface area contributed by atoms with Crippen molar-refractivity contribution < 1.29 is 23.4 Å². The Kier molecular flexibility index (Phi) is 5.88. The van der Waals surface area contributed by atoms with Crippen molar-refractivity contribution in [2.75, 3.05) is 33.8 Å². The van der Waals surface area contributed by atoms with Gasteiger partial charge in [-0.05, 0) is 69.9 Å². The molecule has 1 aliphatic heterocycles. The van der Waals surface area contributed by atoms with E-state index in [1.54, 1.807) is 24.0 Å². The van der Waals surface area contributed by atoms with Crippen LogP contribution in [-0.4, -0.2) is 54.6 Å². The fourth-order valence-electron chi connectivity index (χ4n) is 4.10. The van der Waals surface area contributed by atoms with Crippen LogP contribution in [0.5, 0.6) is 11.5 Å². The number of nitrogens with zero attached hydrogens (tertiary/aromatic N) is 2. The van der Waals surface area contributed by atoms with Crippen molar-refractivity contribution in [2.45, 2.75) is 19.4 Å². The Hall–Kier alpha value is -3.39. The van der Waals surface area contributed by atoms with Gasteiger partial charge in [0.05, 0.1) is 23.6 Å². The number of fused-ring (bicyclic) bond motifs is 2. The average Bonchev–Trinajstić information content (AvgIpc) is 3.02. The Balaban J connectivity index is 1.89. The van der Waals surface area contributed by atoms with Gasteiger partial charge in [-0.1, -0.05) is 6.07 Å². The lowest BCUT2D eigenvalue weighted by molar-refractivity contribution is 0.0722. The minimum absolute atomic E-state index is 0.0324. The molecule has 0 radical (unpaired) electrons. The molecule has 0 aliphatic carbocycles. The molecule has 1 N–H and O–H groups in total. The number of hydrogen-bond acceptors (Lipinski definition) is 6. The summed E-state index contributed by atoms with van der Waals surface area (Å²) in [7, 11) is 3.89. The molecule has 32 heavy (non-hydrogen) atoms. The Morgan fingerprint density at radius 2 is 1.97 bits per heavy atom. The van der Waals surface area contributed by atoms with E-state index in [4.69, 9.17) is 9.15 Å². The molecule has 4 rings (SSSR count). The highest BCUT2D eigenvalue weighted by Crippen LogP contribution is 2.40. The second-order valence-corrected chi connectivity index (χ2v) is 8.03. The lowest BCUT2D eigenvalue weighted by atomic mass is 9.98. The summed E-state index contributed by atoms with van der Waals surface area (Å²) in [6.07, 6.45) is 0.683. The van der Waals surface area contributed by atoms with E-state index in [0.29, 0.717) is 25.1 Å². The van der Waals surface area contributed by atoms with Crippen LogP contribution in [-0.2, 0) is 0 Å². The summed E-state index contributed by atoms with van der Waals surface area (Å²) in [5, 5.41) is 10.2. The SMILES string of the molecule is CCOc1cc(C2c3c(oc4ccc(F)cc4c3=O)C(=O)N2CCCN(C)C)ccc1O. The van der Waals surface area contributed by atoms with E-state index >= 15 is 0 Å². The van der Waals surface area contributed by atoms with Crippen LogP contribution >= 0.6 is 0 Å². The average molecular weight is 440 g/mol. The van der Waals surface area contributed by atoms with Crippen molar-refractivity contribution in [2.24, 2.45) is 0 Å². The first-order valence-electron chi connectivity index (χ1n) is 10.5. The van der Waals surface area contributed by atoms with Crippen molar-refractivity contribution in [3.8, 4) is 11.5 Å². The fourth-order valence-corrected chi connectivity index (χ4v) is 4.10. The quantitative estimate of drug-likeness (QED) is 0.605. The zero-order valence-electron chi connectivity index (χ0n) is 18.2. The smallest absolute Gasteiger partial charge is 0.290 e. The number of hydrogen-bond donors (Lipinski definition) is 1. The molecule has 0 saturated heterocycles. The Morgan fingerprint density at radius 1 is 1.19 bits per heavy atom. The lowest BCUT2D eigenvalue weighted by Gasteiger charge is -2.26. The zero-order valence-corrected chi connectivity index (χ0v) is 18.2. The minimum Gasteiger partial charge on any atom is -0.504 e. The molecule has 1 atom stereocenters. The normalized spacial score (nSPS) is 15.6. The molecule has 3 aromatic rings. The molecule has 2 heterocycles.